The van der Waals surface area contributed by atoms with Crippen LogP contribution in [0.2, 0.25) is 0 Å². The summed E-state index contributed by atoms with van der Waals surface area (Å²) in [5, 5.41) is 3.62. The molecule has 0 aromatic heterocycles. The average molecular weight is 281 g/mol. The second-order valence-corrected chi connectivity index (χ2v) is 6.37. The zero-order valence-electron chi connectivity index (χ0n) is 13.7. The van der Waals surface area contributed by atoms with Crippen LogP contribution < -0.4 is 5.32 Å². The molecule has 0 saturated heterocycles. The van der Waals surface area contributed by atoms with Crippen molar-refractivity contribution < 1.29 is 0 Å². The smallest absolute Gasteiger partial charge is 0.0294 e. The van der Waals surface area contributed by atoms with Gasteiger partial charge in [-0.2, -0.15) is 0 Å². The van der Waals surface area contributed by atoms with Gasteiger partial charge in [0, 0.05) is 12.6 Å². The van der Waals surface area contributed by atoms with Crippen molar-refractivity contribution in [3.63, 3.8) is 0 Å². The van der Waals surface area contributed by atoms with E-state index in [0.29, 0.717) is 12.0 Å². The van der Waals surface area contributed by atoms with Gasteiger partial charge in [-0.05, 0) is 48.4 Å². The molecule has 0 aliphatic carbocycles. The third-order valence-corrected chi connectivity index (χ3v) is 3.98. The van der Waals surface area contributed by atoms with Gasteiger partial charge in [-0.25, -0.2) is 0 Å². The minimum Gasteiger partial charge on any atom is -0.306 e. The zero-order valence-corrected chi connectivity index (χ0v) is 13.7. The SMILES string of the molecule is Cc1ccccc1CNC(C)c1ccc(CC(C)C)cc1. The summed E-state index contributed by atoms with van der Waals surface area (Å²) in [6.07, 6.45) is 1.16. The summed E-state index contributed by atoms with van der Waals surface area (Å²) in [6, 6.07) is 18.0. The highest BCUT2D eigenvalue weighted by Gasteiger charge is 2.06. The molecule has 0 fully saturated rings. The van der Waals surface area contributed by atoms with Crippen molar-refractivity contribution >= 4 is 0 Å². The van der Waals surface area contributed by atoms with Crippen LogP contribution >= 0.6 is 0 Å². The van der Waals surface area contributed by atoms with Gasteiger partial charge in [-0.1, -0.05) is 62.4 Å². The summed E-state index contributed by atoms with van der Waals surface area (Å²) >= 11 is 0. The van der Waals surface area contributed by atoms with Gasteiger partial charge in [0.25, 0.3) is 0 Å². The maximum Gasteiger partial charge on any atom is 0.0294 e. The van der Waals surface area contributed by atoms with E-state index in [-0.39, 0.29) is 0 Å². The van der Waals surface area contributed by atoms with Crippen LogP contribution in [-0.2, 0) is 13.0 Å². The van der Waals surface area contributed by atoms with Crippen LogP contribution in [0, 0.1) is 12.8 Å². The zero-order chi connectivity index (χ0) is 15.2. The fourth-order valence-electron chi connectivity index (χ4n) is 2.60. The molecular formula is C20H27N. The first-order valence-corrected chi connectivity index (χ1v) is 7.93. The van der Waals surface area contributed by atoms with E-state index in [4.69, 9.17) is 0 Å². The van der Waals surface area contributed by atoms with Gasteiger partial charge in [-0.15, -0.1) is 0 Å². The molecule has 2 aromatic rings. The van der Waals surface area contributed by atoms with Crippen LogP contribution in [-0.4, -0.2) is 0 Å². The lowest BCUT2D eigenvalue weighted by atomic mass is 9.99. The fraction of sp³-hybridized carbons (Fsp3) is 0.400. The molecule has 1 N–H and O–H groups in total. The van der Waals surface area contributed by atoms with Crippen molar-refractivity contribution in [2.24, 2.45) is 5.92 Å². The van der Waals surface area contributed by atoms with Crippen molar-refractivity contribution in [3.8, 4) is 0 Å². The van der Waals surface area contributed by atoms with E-state index in [1.807, 2.05) is 0 Å². The van der Waals surface area contributed by atoms with Crippen LogP contribution in [0.1, 0.15) is 49.1 Å². The Morgan fingerprint density at radius 2 is 1.57 bits per heavy atom. The highest BCUT2D eigenvalue weighted by molar-refractivity contribution is 5.27. The minimum absolute atomic E-state index is 0.373. The Morgan fingerprint density at radius 3 is 2.19 bits per heavy atom. The lowest BCUT2D eigenvalue weighted by Gasteiger charge is -2.16. The number of hydrogen-bond acceptors (Lipinski definition) is 1. The molecule has 1 nitrogen and oxygen atoms in total. The molecule has 0 aliphatic heterocycles. The first kappa shape index (κ1) is 15.8. The Kier molecular flexibility index (Phi) is 5.58. The van der Waals surface area contributed by atoms with Gasteiger partial charge in [0.05, 0.1) is 0 Å². The molecule has 1 unspecified atom stereocenters. The molecule has 0 bridgehead atoms. The third-order valence-electron chi connectivity index (χ3n) is 3.98. The Morgan fingerprint density at radius 1 is 0.905 bits per heavy atom. The predicted octanol–water partition coefficient (Wildman–Crippen LogP) is 5.04. The number of aryl methyl sites for hydroxylation is 1. The van der Waals surface area contributed by atoms with E-state index in [0.717, 1.165) is 13.0 Å². The van der Waals surface area contributed by atoms with Crippen LogP contribution in [0.3, 0.4) is 0 Å². The van der Waals surface area contributed by atoms with Gasteiger partial charge < -0.3 is 5.32 Å². The van der Waals surface area contributed by atoms with Crippen LogP contribution in [0.15, 0.2) is 48.5 Å². The Labute approximate surface area is 129 Å². The number of nitrogens with one attached hydrogen (secondary N) is 1. The highest BCUT2D eigenvalue weighted by Crippen LogP contribution is 2.16. The molecule has 0 aliphatic rings. The fourth-order valence-corrected chi connectivity index (χ4v) is 2.60. The number of benzene rings is 2. The number of hydrogen-bond donors (Lipinski definition) is 1. The normalized spacial score (nSPS) is 12.6. The average Bonchev–Trinajstić information content (AvgIpc) is 2.46. The van der Waals surface area contributed by atoms with Gasteiger partial charge in [-0.3, -0.25) is 0 Å². The van der Waals surface area contributed by atoms with E-state index in [2.05, 4.69) is 81.5 Å². The topological polar surface area (TPSA) is 12.0 Å². The van der Waals surface area contributed by atoms with Gasteiger partial charge >= 0.3 is 0 Å². The standard InChI is InChI=1S/C20H27N/c1-15(2)13-18-9-11-19(12-10-18)17(4)21-14-20-8-6-5-7-16(20)3/h5-12,15,17,21H,13-14H2,1-4H3. The summed E-state index contributed by atoms with van der Waals surface area (Å²) < 4.78 is 0. The summed E-state index contributed by atoms with van der Waals surface area (Å²) in [5.74, 6) is 0.715. The molecular weight excluding hydrogens is 254 g/mol. The van der Waals surface area contributed by atoms with Crippen molar-refractivity contribution in [2.75, 3.05) is 0 Å². The van der Waals surface area contributed by atoms with Crippen molar-refractivity contribution in [3.05, 3.63) is 70.8 Å². The first-order valence-electron chi connectivity index (χ1n) is 7.93. The molecule has 112 valence electrons. The maximum absolute atomic E-state index is 3.62. The number of rotatable bonds is 6. The van der Waals surface area contributed by atoms with Crippen LogP contribution in [0.25, 0.3) is 0 Å². The molecule has 1 heteroatoms. The second kappa shape index (κ2) is 7.42. The summed E-state index contributed by atoms with van der Waals surface area (Å²) in [6.45, 7) is 9.85. The predicted molar refractivity (Wildman–Crippen MR) is 91.4 cm³/mol. The molecule has 0 saturated carbocycles. The lowest BCUT2D eigenvalue weighted by molar-refractivity contribution is 0.573. The van der Waals surface area contributed by atoms with Crippen molar-refractivity contribution in [1.82, 2.24) is 5.32 Å². The first-order chi connectivity index (χ1) is 10.1. The highest BCUT2D eigenvalue weighted by atomic mass is 14.9. The largest absolute Gasteiger partial charge is 0.306 e. The molecule has 2 aromatic carbocycles. The van der Waals surface area contributed by atoms with Gasteiger partial charge in [0.2, 0.25) is 0 Å². The van der Waals surface area contributed by atoms with Crippen molar-refractivity contribution in [1.29, 1.82) is 0 Å². The van der Waals surface area contributed by atoms with E-state index >= 15 is 0 Å². The van der Waals surface area contributed by atoms with Gasteiger partial charge in [0.15, 0.2) is 0 Å². The molecule has 0 amide bonds. The van der Waals surface area contributed by atoms with Crippen LogP contribution in [0.4, 0.5) is 0 Å². The molecule has 1 atom stereocenters. The molecule has 2 rings (SSSR count). The van der Waals surface area contributed by atoms with Crippen molar-refractivity contribution in [2.45, 2.75) is 46.7 Å². The summed E-state index contributed by atoms with van der Waals surface area (Å²) in [4.78, 5) is 0. The van der Waals surface area contributed by atoms with Gasteiger partial charge in [0.1, 0.15) is 0 Å². The quantitative estimate of drug-likeness (QED) is 0.781. The van der Waals surface area contributed by atoms with E-state index in [1.165, 1.54) is 22.3 Å². The lowest BCUT2D eigenvalue weighted by Crippen LogP contribution is -2.18. The second-order valence-electron chi connectivity index (χ2n) is 6.37. The Bertz CT molecular complexity index is 554. The Balaban J connectivity index is 1.94. The summed E-state index contributed by atoms with van der Waals surface area (Å²) in [5.41, 5.74) is 5.52. The summed E-state index contributed by atoms with van der Waals surface area (Å²) in [7, 11) is 0. The Hall–Kier alpha value is -1.60. The molecule has 21 heavy (non-hydrogen) atoms. The molecule has 0 radical (unpaired) electrons. The minimum atomic E-state index is 0.373. The monoisotopic (exact) mass is 281 g/mol. The van der Waals surface area contributed by atoms with Crippen LogP contribution in [0.5, 0.6) is 0 Å². The maximum atomic E-state index is 3.62. The van der Waals surface area contributed by atoms with E-state index < -0.39 is 0 Å². The van der Waals surface area contributed by atoms with E-state index in [1.54, 1.807) is 0 Å². The molecule has 0 heterocycles. The molecule has 0 spiro atoms. The van der Waals surface area contributed by atoms with E-state index in [9.17, 15) is 0 Å². The third kappa shape index (κ3) is 4.71.